The minimum Gasteiger partial charge on any atom is -0.467 e. The van der Waals surface area contributed by atoms with Crippen LogP contribution in [0.4, 0.5) is 17.6 Å². The molecule has 2 aromatic rings. The van der Waals surface area contributed by atoms with Gasteiger partial charge in [0.05, 0.1) is 17.2 Å². The number of aromatic nitrogens is 3. The lowest BCUT2D eigenvalue weighted by Gasteiger charge is -2.08. The smallest absolute Gasteiger partial charge is 0.322 e. The molecule has 0 spiro atoms. The molecule has 0 aliphatic rings. The Hall–Kier alpha value is -1.83. The monoisotopic (exact) mass is 300 g/mol. The molecule has 0 unspecified atom stereocenters. The standard InChI is InChI=1S/C10H10Cl2N6O/c1-19-10-16-8(15-9(17-10)18-13)14-5-2-3-6(11)7(12)4-5/h2-4H,13H2,1H3,(H2,14,15,16,17,18). The zero-order valence-corrected chi connectivity index (χ0v) is 11.3. The highest BCUT2D eigenvalue weighted by Gasteiger charge is 2.07. The molecule has 1 aromatic carbocycles. The number of ether oxygens (including phenoxy) is 1. The average molecular weight is 301 g/mol. The van der Waals surface area contributed by atoms with Crippen LogP contribution in [0.3, 0.4) is 0 Å². The number of benzene rings is 1. The Kier molecular flexibility index (Phi) is 4.20. The van der Waals surface area contributed by atoms with Gasteiger partial charge >= 0.3 is 6.01 Å². The van der Waals surface area contributed by atoms with E-state index >= 15 is 0 Å². The van der Waals surface area contributed by atoms with E-state index < -0.39 is 0 Å². The van der Waals surface area contributed by atoms with Crippen molar-refractivity contribution in [2.45, 2.75) is 0 Å². The minimum atomic E-state index is 0.130. The number of nitrogens with zero attached hydrogens (tertiary/aromatic N) is 3. The Morgan fingerprint density at radius 2 is 1.84 bits per heavy atom. The molecule has 0 saturated heterocycles. The van der Waals surface area contributed by atoms with Crippen LogP contribution in [0.15, 0.2) is 18.2 Å². The van der Waals surface area contributed by atoms with Crippen LogP contribution >= 0.6 is 23.2 Å². The van der Waals surface area contributed by atoms with Crippen molar-refractivity contribution >= 4 is 40.8 Å². The summed E-state index contributed by atoms with van der Waals surface area (Å²) >= 11 is 11.7. The third-order valence-corrected chi connectivity index (χ3v) is 2.84. The number of nitrogens with one attached hydrogen (secondary N) is 2. The first-order chi connectivity index (χ1) is 9.12. The highest BCUT2D eigenvalue weighted by molar-refractivity contribution is 6.42. The van der Waals surface area contributed by atoms with Gasteiger partial charge in [0.2, 0.25) is 11.9 Å². The number of hydrogen-bond donors (Lipinski definition) is 3. The molecular weight excluding hydrogens is 291 g/mol. The molecule has 1 aromatic heterocycles. The lowest BCUT2D eigenvalue weighted by Crippen LogP contribution is -2.13. The van der Waals surface area contributed by atoms with Crippen molar-refractivity contribution in [3.63, 3.8) is 0 Å². The van der Waals surface area contributed by atoms with E-state index in [-0.39, 0.29) is 17.9 Å². The Morgan fingerprint density at radius 1 is 1.11 bits per heavy atom. The number of hydrazine groups is 1. The summed E-state index contributed by atoms with van der Waals surface area (Å²) in [5.41, 5.74) is 2.99. The van der Waals surface area contributed by atoms with Crippen molar-refractivity contribution in [3.05, 3.63) is 28.2 Å². The molecule has 19 heavy (non-hydrogen) atoms. The summed E-state index contributed by atoms with van der Waals surface area (Å²) in [7, 11) is 1.44. The number of methoxy groups -OCH3 is 1. The minimum absolute atomic E-state index is 0.130. The van der Waals surface area contributed by atoms with Crippen LogP contribution in [-0.2, 0) is 0 Å². The van der Waals surface area contributed by atoms with E-state index in [0.717, 1.165) is 0 Å². The maximum absolute atomic E-state index is 5.92. The van der Waals surface area contributed by atoms with Crippen molar-refractivity contribution in [2.75, 3.05) is 17.9 Å². The largest absolute Gasteiger partial charge is 0.467 e. The molecule has 0 fully saturated rings. The van der Waals surface area contributed by atoms with Crippen LogP contribution in [0, 0.1) is 0 Å². The van der Waals surface area contributed by atoms with E-state index in [1.807, 2.05) is 0 Å². The molecule has 0 aliphatic heterocycles. The lowest BCUT2D eigenvalue weighted by molar-refractivity contribution is 0.379. The molecular formula is C10H10Cl2N6O. The molecule has 1 heterocycles. The fourth-order valence-corrected chi connectivity index (χ4v) is 1.57. The molecule has 0 bridgehead atoms. The molecule has 7 nitrogen and oxygen atoms in total. The predicted molar refractivity (Wildman–Crippen MR) is 73.9 cm³/mol. The first-order valence-corrected chi connectivity index (χ1v) is 5.86. The fourth-order valence-electron chi connectivity index (χ4n) is 1.27. The first kappa shape index (κ1) is 13.6. The van der Waals surface area contributed by atoms with Crippen LogP contribution in [0.2, 0.25) is 10.0 Å². The number of anilines is 3. The van der Waals surface area contributed by atoms with Crippen LogP contribution in [-0.4, -0.2) is 22.1 Å². The summed E-state index contributed by atoms with van der Waals surface area (Å²) in [5, 5.41) is 3.82. The highest BCUT2D eigenvalue weighted by atomic mass is 35.5. The van der Waals surface area contributed by atoms with Gasteiger partial charge in [-0.05, 0) is 18.2 Å². The summed E-state index contributed by atoms with van der Waals surface area (Å²) in [6.45, 7) is 0. The summed E-state index contributed by atoms with van der Waals surface area (Å²) in [5.74, 6) is 5.69. The van der Waals surface area contributed by atoms with Crippen LogP contribution in [0.25, 0.3) is 0 Å². The summed E-state index contributed by atoms with van der Waals surface area (Å²) in [6, 6.07) is 5.17. The Labute approximate surface area is 119 Å². The second-order valence-electron chi connectivity index (χ2n) is 3.37. The molecule has 2 rings (SSSR count). The van der Waals surface area contributed by atoms with Crippen molar-refractivity contribution in [1.82, 2.24) is 15.0 Å². The first-order valence-electron chi connectivity index (χ1n) is 5.11. The summed E-state index contributed by atoms with van der Waals surface area (Å²) < 4.78 is 4.93. The van der Waals surface area contributed by atoms with E-state index in [9.17, 15) is 0 Å². The van der Waals surface area contributed by atoms with Gasteiger partial charge in [0, 0.05) is 5.69 Å². The quantitative estimate of drug-likeness (QED) is 0.588. The molecule has 0 saturated carbocycles. The zero-order chi connectivity index (χ0) is 13.8. The normalized spacial score (nSPS) is 10.1. The number of rotatable bonds is 4. The van der Waals surface area contributed by atoms with Crippen molar-refractivity contribution in [3.8, 4) is 6.01 Å². The van der Waals surface area contributed by atoms with Crippen molar-refractivity contribution in [2.24, 2.45) is 5.84 Å². The van der Waals surface area contributed by atoms with Gasteiger partial charge in [-0.2, -0.15) is 15.0 Å². The van der Waals surface area contributed by atoms with E-state index in [0.29, 0.717) is 15.7 Å². The van der Waals surface area contributed by atoms with E-state index in [1.165, 1.54) is 7.11 Å². The Morgan fingerprint density at radius 3 is 2.47 bits per heavy atom. The summed E-state index contributed by atoms with van der Waals surface area (Å²) in [4.78, 5) is 11.9. The second kappa shape index (κ2) is 5.87. The van der Waals surface area contributed by atoms with Gasteiger partial charge in [-0.3, -0.25) is 5.43 Å². The van der Waals surface area contributed by atoms with Crippen molar-refractivity contribution in [1.29, 1.82) is 0 Å². The maximum Gasteiger partial charge on any atom is 0.322 e. The molecule has 4 N–H and O–H groups in total. The molecule has 100 valence electrons. The number of nitrogens with two attached hydrogens (primary N) is 1. The SMILES string of the molecule is COc1nc(NN)nc(Nc2ccc(Cl)c(Cl)c2)n1. The predicted octanol–water partition coefficient (Wildman–Crippen LogP) is 2.22. The van der Waals surface area contributed by atoms with Gasteiger partial charge in [0.15, 0.2) is 0 Å². The average Bonchev–Trinajstić information content (AvgIpc) is 2.42. The second-order valence-corrected chi connectivity index (χ2v) is 4.18. The molecule has 0 radical (unpaired) electrons. The third-order valence-electron chi connectivity index (χ3n) is 2.10. The highest BCUT2D eigenvalue weighted by Crippen LogP contribution is 2.26. The number of hydrogen-bond acceptors (Lipinski definition) is 7. The number of halogens is 2. The van der Waals surface area contributed by atoms with Crippen LogP contribution < -0.4 is 21.3 Å². The third kappa shape index (κ3) is 3.34. The van der Waals surface area contributed by atoms with Gasteiger partial charge in [-0.1, -0.05) is 23.2 Å². The van der Waals surface area contributed by atoms with Gasteiger partial charge < -0.3 is 10.1 Å². The van der Waals surface area contributed by atoms with E-state index in [1.54, 1.807) is 18.2 Å². The van der Waals surface area contributed by atoms with E-state index in [4.69, 9.17) is 33.8 Å². The lowest BCUT2D eigenvalue weighted by atomic mass is 10.3. The Bertz CT molecular complexity index is 572. The van der Waals surface area contributed by atoms with Gasteiger partial charge in [0.25, 0.3) is 0 Å². The number of nitrogen functional groups attached to an aromatic ring is 1. The molecule has 9 heteroatoms. The Balaban J connectivity index is 2.29. The van der Waals surface area contributed by atoms with Crippen LogP contribution in [0.5, 0.6) is 6.01 Å². The molecule has 0 atom stereocenters. The topological polar surface area (TPSA) is 98.0 Å². The van der Waals surface area contributed by atoms with Gasteiger partial charge in [-0.15, -0.1) is 0 Å². The van der Waals surface area contributed by atoms with Crippen LogP contribution in [0.1, 0.15) is 0 Å². The van der Waals surface area contributed by atoms with Gasteiger partial charge in [-0.25, -0.2) is 5.84 Å². The molecule has 0 amide bonds. The van der Waals surface area contributed by atoms with Crippen molar-refractivity contribution < 1.29 is 4.74 Å². The maximum atomic E-state index is 5.92. The molecule has 0 aliphatic carbocycles. The summed E-state index contributed by atoms with van der Waals surface area (Å²) in [6.07, 6.45) is 0. The fraction of sp³-hybridized carbons (Fsp3) is 0.100. The van der Waals surface area contributed by atoms with E-state index in [2.05, 4.69) is 25.7 Å². The van der Waals surface area contributed by atoms with Gasteiger partial charge in [0.1, 0.15) is 0 Å². The zero-order valence-electron chi connectivity index (χ0n) is 9.82.